The highest BCUT2D eigenvalue weighted by atomic mass is 16.5. The Bertz CT molecular complexity index is 281. The second kappa shape index (κ2) is 7.29. The predicted octanol–water partition coefficient (Wildman–Crippen LogP) is 3.36. The molecule has 1 unspecified atom stereocenters. The zero-order valence-corrected chi connectivity index (χ0v) is 10.6. The van der Waals surface area contributed by atoms with Gasteiger partial charge in [-0.05, 0) is 38.0 Å². The summed E-state index contributed by atoms with van der Waals surface area (Å²) in [5.41, 5.74) is 1.31. The molecule has 1 aromatic rings. The minimum Gasteiger partial charge on any atom is -0.494 e. The quantitative estimate of drug-likeness (QED) is 0.762. The van der Waals surface area contributed by atoms with Crippen molar-refractivity contribution in [2.75, 3.05) is 6.61 Å². The topological polar surface area (TPSA) is 21.3 Å². The van der Waals surface area contributed by atoms with Crippen molar-refractivity contribution in [3.63, 3.8) is 0 Å². The zero-order valence-electron chi connectivity index (χ0n) is 10.6. The fraction of sp³-hybridized carbons (Fsp3) is 0.571. The standard InChI is InChI=1S/C14H23NO/c1-4-6-12(3)15-11-13-7-9-14(10-8-13)16-5-2/h7-10,12,15H,4-6,11H2,1-3H3. The number of ether oxygens (including phenoxy) is 1. The Morgan fingerprint density at radius 1 is 1.19 bits per heavy atom. The molecule has 1 atom stereocenters. The second-order valence-corrected chi connectivity index (χ2v) is 4.15. The maximum absolute atomic E-state index is 5.40. The summed E-state index contributed by atoms with van der Waals surface area (Å²) in [6.07, 6.45) is 2.47. The van der Waals surface area contributed by atoms with Crippen molar-refractivity contribution >= 4 is 0 Å². The Morgan fingerprint density at radius 3 is 2.44 bits per heavy atom. The summed E-state index contributed by atoms with van der Waals surface area (Å²) >= 11 is 0. The Balaban J connectivity index is 2.37. The molecule has 0 heterocycles. The average molecular weight is 221 g/mol. The lowest BCUT2D eigenvalue weighted by molar-refractivity contribution is 0.340. The molecule has 90 valence electrons. The van der Waals surface area contributed by atoms with Gasteiger partial charge in [0.2, 0.25) is 0 Å². The summed E-state index contributed by atoms with van der Waals surface area (Å²) in [7, 11) is 0. The van der Waals surface area contributed by atoms with E-state index in [1.165, 1.54) is 18.4 Å². The van der Waals surface area contributed by atoms with Crippen LogP contribution in [0.4, 0.5) is 0 Å². The van der Waals surface area contributed by atoms with Crippen LogP contribution >= 0.6 is 0 Å². The van der Waals surface area contributed by atoms with E-state index in [4.69, 9.17) is 4.74 Å². The number of benzene rings is 1. The first-order valence-corrected chi connectivity index (χ1v) is 6.21. The first-order chi connectivity index (χ1) is 7.76. The van der Waals surface area contributed by atoms with Gasteiger partial charge >= 0.3 is 0 Å². The second-order valence-electron chi connectivity index (χ2n) is 4.15. The first kappa shape index (κ1) is 13.0. The molecule has 1 aromatic carbocycles. The molecule has 0 amide bonds. The maximum atomic E-state index is 5.40. The molecular formula is C14H23NO. The lowest BCUT2D eigenvalue weighted by atomic mass is 10.1. The van der Waals surface area contributed by atoms with E-state index >= 15 is 0 Å². The van der Waals surface area contributed by atoms with Crippen molar-refractivity contribution < 1.29 is 4.74 Å². The van der Waals surface area contributed by atoms with Crippen LogP contribution in [0.2, 0.25) is 0 Å². The van der Waals surface area contributed by atoms with Crippen LogP contribution in [-0.2, 0) is 6.54 Å². The van der Waals surface area contributed by atoms with E-state index in [2.05, 4.69) is 31.3 Å². The molecule has 0 spiro atoms. The highest BCUT2D eigenvalue weighted by Gasteiger charge is 2.00. The van der Waals surface area contributed by atoms with Crippen molar-refractivity contribution in [1.29, 1.82) is 0 Å². The molecule has 0 saturated heterocycles. The van der Waals surface area contributed by atoms with Gasteiger partial charge in [0.25, 0.3) is 0 Å². The molecule has 0 aromatic heterocycles. The van der Waals surface area contributed by atoms with Crippen molar-refractivity contribution in [2.24, 2.45) is 0 Å². The van der Waals surface area contributed by atoms with Crippen LogP contribution in [0.5, 0.6) is 5.75 Å². The van der Waals surface area contributed by atoms with E-state index in [1.807, 2.05) is 19.1 Å². The van der Waals surface area contributed by atoms with Crippen LogP contribution in [0.3, 0.4) is 0 Å². The Kier molecular flexibility index (Phi) is 5.94. The maximum Gasteiger partial charge on any atom is 0.119 e. The van der Waals surface area contributed by atoms with Crippen LogP contribution in [-0.4, -0.2) is 12.6 Å². The molecule has 0 saturated carbocycles. The van der Waals surface area contributed by atoms with E-state index in [1.54, 1.807) is 0 Å². The summed E-state index contributed by atoms with van der Waals surface area (Å²) in [5.74, 6) is 0.952. The third kappa shape index (κ3) is 4.67. The van der Waals surface area contributed by atoms with Gasteiger partial charge in [-0.2, -0.15) is 0 Å². The van der Waals surface area contributed by atoms with Gasteiger partial charge in [-0.1, -0.05) is 25.5 Å². The van der Waals surface area contributed by atoms with Gasteiger partial charge in [0.15, 0.2) is 0 Å². The highest BCUT2D eigenvalue weighted by molar-refractivity contribution is 5.27. The van der Waals surface area contributed by atoms with Gasteiger partial charge in [-0.25, -0.2) is 0 Å². The van der Waals surface area contributed by atoms with Crippen molar-refractivity contribution in [2.45, 2.75) is 46.2 Å². The van der Waals surface area contributed by atoms with E-state index in [-0.39, 0.29) is 0 Å². The highest BCUT2D eigenvalue weighted by Crippen LogP contribution is 2.12. The number of rotatable bonds is 7. The van der Waals surface area contributed by atoms with Gasteiger partial charge in [0, 0.05) is 12.6 Å². The SMILES string of the molecule is CCCC(C)NCc1ccc(OCC)cc1. The molecule has 0 radical (unpaired) electrons. The molecule has 1 rings (SSSR count). The average Bonchev–Trinajstić information content (AvgIpc) is 2.29. The molecule has 16 heavy (non-hydrogen) atoms. The molecule has 2 nitrogen and oxygen atoms in total. The molecule has 0 fully saturated rings. The molecular weight excluding hydrogens is 198 g/mol. The van der Waals surface area contributed by atoms with Crippen molar-refractivity contribution in [3.05, 3.63) is 29.8 Å². The third-order valence-electron chi connectivity index (χ3n) is 2.61. The number of hydrogen-bond donors (Lipinski definition) is 1. The normalized spacial score (nSPS) is 12.4. The van der Waals surface area contributed by atoms with Gasteiger partial charge in [0.1, 0.15) is 5.75 Å². The molecule has 0 aliphatic rings. The van der Waals surface area contributed by atoms with Crippen LogP contribution in [0.1, 0.15) is 39.2 Å². The third-order valence-corrected chi connectivity index (χ3v) is 2.61. The van der Waals surface area contributed by atoms with Crippen LogP contribution < -0.4 is 10.1 Å². The predicted molar refractivity (Wildman–Crippen MR) is 68.8 cm³/mol. The van der Waals surface area contributed by atoms with Crippen LogP contribution in [0, 0.1) is 0 Å². The molecule has 1 N–H and O–H groups in total. The van der Waals surface area contributed by atoms with Gasteiger partial charge in [0.05, 0.1) is 6.61 Å². The largest absolute Gasteiger partial charge is 0.494 e. The van der Waals surface area contributed by atoms with Crippen LogP contribution in [0.25, 0.3) is 0 Å². The summed E-state index contributed by atoms with van der Waals surface area (Å²) in [5, 5.41) is 3.51. The van der Waals surface area contributed by atoms with Gasteiger partial charge in [-0.3, -0.25) is 0 Å². The first-order valence-electron chi connectivity index (χ1n) is 6.21. The Morgan fingerprint density at radius 2 is 1.88 bits per heavy atom. The summed E-state index contributed by atoms with van der Waals surface area (Å²) in [6, 6.07) is 8.90. The van der Waals surface area contributed by atoms with Gasteiger partial charge in [-0.15, -0.1) is 0 Å². The number of nitrogens with one attached hydrogen (secondary N) is 1. The smallest absolute Gasteiger partial charge is 0.119 e. The van der Waals surface area contributed by atoms with Crippen molar-refractivity contribution in [3.8, 4) is 5.75 Å². The summed E-state index contributed by atoms with van der Waals surface area (Å²) in [4.78, 5) is 0. The molecule has 0 aliphatic carbocycles. The summed E-state index contributed by atoms with van der Waals surface area (Å²) in [6.45, 7) is 8.12. The summed E-state index contributed by atoms with van der Waals surface area (Å²) < 4.78 is 5.40. The molecule has 0 bridgehead atoms. The van der Waals surface area contributed by atoms with E-state index < -0.39 is 0 Å². The van der Waals surface area contributed by atoms with Crippen molar-refractivity contribution in [1.82, 2.24) is 5.32 Å². The lowest BCUT2D eigenvalue weighted by Crippen LogP contribution is -2.24. The zero-order chi connectivity index (χ0) is 11.8. The monoisotopic (exact) mass is 221 g/mol. The lowest BCUT2D eigenvalue weighted by Gasteiger charge is -2.12. The fourth-order valence-corrected chi connectivity index (χ4v) is 1.70. The van der Waals surface area contributed by atoms with E-state index in [0.717, 1.165) is 18.9 Å². The van der Waals surface area contributed by atoms with E-state index in [9.17, 15) is 0 Å². The van der Waals surface area contributed by atoms with Gasteiger partial charge < -0.3 is 10.1 Å². The molecule has 2 heteroatoms. The molecule has 0 aliphatic heterocycles. The Labute approximate surface area is 99.0 Å². The van der Waals surface area contributed by atoms with Crippen LogP contribution in [0.15, 0.2) is 24.3 Å². The fourth-order valence-electron chi connectivity index (χ4n) is 1.70. The minimum absolute atomic E-state index is 0.594. The Hall–Kier alpha value is -1.02. The van der Waals surface area contributed by atoms with E-state index in [0.29, 0.717) is 6.04 Å². The minimum atomic E-state index is 0.594. The number of hydrogen-bond acceptors (Lipinski definition) is 2.